The highest BCUT2D eigenvalue weighted by atomic mass is 16.6. The van der Waals surface area contributed by atoms with Crippen LogP contribution in [-0.4, -0.2) is 29.7 Å². The minimum Gasteiger partial charge on any atom is -0.459 e. The molecule has 6 heteroatoms. The lowest BCUT2D eigenvalue weighted by Crippen LogP contribution is -2.43. The Labute approximate surface area is 209 Å². The first-order valence-corrected chi connectivity index (χ1v) is 11.9. The van der Waals surface area contributed by atoms with Crippen LogP contribution in [0.25, 0.3) is 11.1 Å². The number of nitrogens with one attached hydrogen (secondary N) is 1. The normalized spacial score (nSPS) is 12.8. The van der Waals surface area contributed by atoms with Gasteiger partial charge in [-0.1, -0.05) is 84.9 Å². The number of aromatic nitrogens is 1. The molecule has 0 radical (unpaired) electrons. The zero-order valence-corrected chi connectivity index (χ0v) is 19.7. The molecular formula is C30H26N2O4. The first-order chi connectivity index (χ1) is 17.7. The Balaban J connectivity index is 1.26. The lowest BCUT2D eigenvalue weighted by atomic mass is 9.98. The van der Waals surface area contributed by atoms with Gasteiger partial charge in [-0.25, -0.2) is 9.59 Å². The summed E-state index contributed by atoms with van der Waals surface area (Å²) < 4.78 is 11.2. The number of nitrogens with zero attached hydrogens (tertiary/aromatic N) is 1. The zero-order chi connectivity index (χ0) is 24.7. The number of fused-ring (bicyclic) bond motifs is 3. The molecule has 3 aromatic carbocycles. The number of carbonyl (C=O) groups excluding carboxylic acids is 2. The number of rotatable bonds is 8. The number of alkyl carbamates (subject to hydrolysis) is 1. The van der Waals surface area contributed by atoms with Gasteiger partial charge in [-0.2, -0.15) is 0 Å². The predicted molar refractivity (Wildman–Crippen MR) is 136 cm³/mol. The second-order valence-corrected chi connectivity index (χ2v) is 8.68. The van der Waals surface area contributed by atoms with Crippen molar-refractivity contribution in [1.29, 1.82) is 0 Å². The smallest absolute Gasteiger partial charge is 0.407 e. The summed E-state index contributed by atoms with van der Waals surface area (Å²) in [5, 5.41) is 2.71. The third-order valence-corrected chi connectivity index (χ3v) is 6.31. The van der Waals surface area contributed by atoms with Gasteiger partial charge in [0.05, 0.1) is 0 Å². The highest BCUT2D eigenvalue weighted by molar-refractivity contribution is 5.82. The lowest BCUT2D eigenvalue weighted by Gasteiger charge is -2.19. The van der Waals surface area contributed by atoms with Crippen molar-refractivity contribution in [1.82, 2.24) is 10.3 Å². The number of carbonyl (C=O) groups is 2. The first-order valence-electron chi connectivity index (χ1n) is 11.9. The predicted octanol–water partition coefficient (Wildman–Crippen LogP) is 5.27. The van der Waals surface area contributed by atoms with E-state index >= 15 is 0 Å². The number of hydrogen-bond acceptors (Lipinski definition) is 5. The van der Waals surface area contributed by atoms with E-state index in [1.807, 2.05) is 60.7 Å². The molecular weight excluding hydrogens is 452 g/mol. The van der Waals surface area contributed by atoms with Crippen molar-refractivity contribution in [3.63, 3.8) is 0 Å². The van der Waals surface area contributed by atoms with E-state index in [0.29, 0.717) is 0 Å². The van der Waals surface area contributed by atoms with Gasteiger partial charge in [0.1, 0.15) is 19.3 Å². The maximum atomic E-state index is 12.9. The van der Waals surface area contributed by atoms with Crippen molar-refractivity contribution in [3.8, 4) is 11.1 Å². The molecule has 4 aromatic rings. The Hall–Kier alpha value is -4.45. The number of amides is 1. The van der Waals surface area contributed by atoms with Crippen molar-refractivity contribution in [2.24, 2.45) is 0 Å². The average molecular weight is 479 g/mol. The van der Waals surface area contributed by atoms with Gasteiger partial charge in [0.15, 0.2) is 0 Å². The monoisotopic (exact) mass is 478 g/mol. The lowest BCUT2D eigenvalue weighted by molar-refractivity contribution is -0.147. The maximum Gasteiger partial charge on any atom is 0.407 e. The highest BCUT2D eigenvalue weighted by Gasteiger charge is 2.30. The standard InChI is InChI=1S/C30H26N2O4/c33-29(35-19-21-9-2-1-3-10-21)28(17-22-11-8-16-31-18-22)32-30(34)36-20-27-25-14-6-4-12-23(25)24-13-5-7-15-26(24)27/h1-16,18,27-28H,17,19-20H2,(H,32,34)/t28-/m1/s1. The fraction of sp³-hybridized carbons (Fsp3) is 0.167. The molecule has 1 atom stereocenters. The van der Waals surface area contributed by atoms with Gasteiger partial charge >= 0.3 is 12.1 Å². The molecule has 0 unspecified atom stereocenters. The molecule has 0 fully saturated rings. The summed E-state index contributed by atoms with van der Waals surface area (Å²) in [6.07, 6.45) is 2.90. The number of pyridine rings is 1. The van der Waals surface area contributed by atoms with Crippen molar-refractivity contribution >= 4 is 12.1 Å². The Morgan fingerprint density at radius 1 is 0.778 bits per heavy atom. The van der Waals surface area contributed by atoms with Gasteiger partial charge in [-0.05, 0) is 39.4 Å². The van der Waals surface area contributed by atoms with Crippen LogP contribution in [0.4, 0.5) is 4.79 Å². The highest BCUT2D eigenvalue weighted by Crippen LogP contribution is 2.44. The van der Waals surface area contributed by atoms with Crippen LogP contribution in [0.15, 0.2) is 103 Å². The van der Waals surface area contributed by atoms with E-state index in [1.165, 1.54) is 0 Å². The molecule has 1 aliphatic carbocycles. The molecule has 180 valence electrons. The van der Waals surface area contributed by atoms with Crippen LogP contribution >= 0.6 is 0 Å². The van der Waals surface area contributed by atoms with Crippen LogP contribution in [0.2, 0.25) is 0 Å². The van der Waals surface area contributed by atoms with Crippen LogP contribution in [0.3, 0.4) is 0 Å². The van der Waals surface area contributed by atoms with Crippen molar-refractivity contribution in [2.45, 2.75) is 25.0 Å². The third-order valence-electron chi connectivity index (χ3n) is 6.31. The Morgan fingerprint density at radius 2 is 1.42 bits per heavy atom. The minimum atomic E-state index is -0.909. The second kappa shape index (κ2) is 10.9. The zero-order valence-electron chi connectivity index (χ0n) is 19.7. The van der Waals surface area contributed by atoms with Gasteiger partial charge in [0.2, 0.25) is 0 Å². The molecule has 1 N–H and O–H groups in total. The van der Waals surface area contributed by atoms with Crippen LogP contribution in [0, 0.1) is 0 Å². The van der Waals surface area contributed by atoms with Gasteiger partial charge in [0.25, 0.3) is 0 Å². The molecule has 0 bridgehead atoms. The molecule has 0 saturated heterocycles. The molecule has 0 aliphatic heterocycles. The van der Waals surface area contributed by atoms with Crippen molar-refractivity contribution < 1.29 is 19.1 Å². The third kappa shape index (κ3) is 5.28. The molecule has 6 nitrogen and oxygen atoms in total. The van der Waals surface area contributed by atoms with Gasteiger partial charge in [-0.15, -0.1) is 0 Å². The van der Waals surface area contributed by atoms with E-state index in [-0.39, 0.29) is 25.6 Å². The van der Waals surface area contributed by atoms with E-state index in [9.17, 15) is 9.59 Å². The molecule has 1 amide bonds. The Kier molecular flexibility index (Phi) is 7.03. The van der Waals surface area contributed by atoms with E-state index in [4.69, 9.17) is 9.47 Å². The van der Waals surface area contributed by atoms with Crippen molar-refractivity contribution in [2.75, 3.05) is 6.61 Å². The molecule has 0 spiro atoms. The number of ether oxygens (including phenoxy) is 2. The molecule has 0 saturated carbocycles. The molecule has 36 heavy (non-hydrogen) atoms. The summed E-state index contributed by atoms with van der Waals surface area (Å²) in [6.45, 7) is 0.286. The van der Waals surface area contributed by atoms with E-state index < -0.39 is 18.1 Å². The molecule has 1 aromatic heterocycles. The largest absolute Gasteiger partial charge is 0.459 e. The molecule has 5 rings (SSSR count). The summed E-state index contributed by atoms with van der Waals surface area (Å²) in [7, 11) is 0. The SMILES string of the molecule is O=C(N[C@H](Cc1cccnc1)C(=O)OCc1ccccc1)OCC1c2ccccc2-c2ccccc21. The summed E-state index contributed by atoms with van der Waals surface area (Å²) in [5.41, 5.74) is 6.23. The van der Waals surface area contributed by atoms with Gasteiger partial charge < -0.3 is 14.8 Å². The molecule has 1 heterocycles. The summed E-state index contributed by atoms with van der Waals surface area (Å²) in [5.74, 6) is -0.596. The number of hydrogen-bond donors (Lipinski definition) is 1. The van der Waals surface area contributed by atoms with E-state index in [1.54, 1.807) is 18.5 Å². The van der Waals surface area contributed by atoms with Crippen LogP contribution < -0.4 is 5.32 Å². The van der Waals surface area contributed by atoms with Gasteiger partial charge in [-0.3, -0.25) is 4.98 Å². The fourth-order valence-corrected chi connectivity index (χ4v) is 4.56. The minimum absolute atomic E-state index is 0.0649. The topological polar surface area (TPSA) is 77.5 Å². The van der Waals surface area contributed by atoms with Crippen LogP contribution in [-0.2, 0) is 27.3 Å². The summed E-state index contributed by atoms with van der Waals surface area (Å²) in [4.78, 5) is 29.9. The van der Waals surface area contributed by atoms with Crippen LogP contribution in [0.5, 0.6) is 0 Å². The molecule has 1 aliphatic rings. The quantitative estimate of drug-likeness (QED) is 0.349. The second-order valence-electron chi connectivity index (χ2n) is 8.68. The maximum absolute atomic E-state index is 12.9. The average Bonchev–Trinajstić information content (AvgIpc) is 3.25. The van der Waals surface area contributed by atoms with Crippen molar-refractivity contribution in [3.05, 3.63) is 126 Å². The Bertz CT molecular complexity index is 1300. The van der Waals surface area contributed by atoms with E-state index in [2.05, 4.69) is 34.6 Å². The summed E-state index contributed by atoms with van der Waals surface area (Å²) in [6, 6.07) is 28.4. The first kappa shape index (κ1) is 23.3. The van der Waals surface area contributed by atoms with Crippen LogP contribution in [0.1, 0.15) is 28.2 Å². The van der Waals surface area contributed by atoms with E-state index in [0.717, 1.165) is 33.4 Å². The summed E-state index contributed by atoms with van der Waals surface area (Å²) >= 11 is 0. The fourth-order valence-electron chi connectivity index (χ4n) is 4.56. The number of benzene rings is 3. The van der Waals surface area contributed by atoms with Gasteiger partial charge in [0, 0.05) is 24.7 Å². The number of esters is 1. The Morgan fingerprint density at radius 3 is 2.08 bits per heavy atom.